The summed E-state index contributed by atoms with van der Waals surface area (Å²) in [6.07, 6.45) is 0. The van der Waals surface area contributed by atoms with Gasteiger partial charge in [0.05, 0.1) is 49.4 Å². The van der Waals surface area contributed by atoms with Crippen LogP contribution >= 0.6 is 0 Å². The first-order valence-corrected chi connectivity index (χ1v) is 18.0. The third kappa shape index (κ3) is 7.13. The zero-order chi connectivity index (χ0) is 39.7. The molecule has 282 valence electrons. The molecule has 7 aromatic rings. The highest BCUT2D eigenvalue weighted by molar-refractivity contribution is 6.17. The molecule has 0 heterocycles. The van der Waals surface area contributed by atoms with E-state index in [1.807, 2.05) is 92.7 Å². The maximum absolute atomic E-state index is 13.1. The topological polar surface area (TPSA) is 105 Å². The smallest absolute Gasteiger partial charge is 0.221 e. The van der Waals surface area contributed by atoms with E-state index < -0.39 is 0 Å². The molecule has 0 fully saturated rings. The number of carbonyl (C=O) groups excluding carboxylic acids is 2. The first kappa shape index (κ1) is 39.3. The van der Waals surface area contributed by atoms with Gasteiger partial charge in [-0.2, -0.15) is 5.26 Å². The van der Waals surface area contributed by atoms with E-state index in [1.165, 1.54) is 13.8 Å². The SMILES string of the molecule is C.[C-]#[N+]c1cc(OC)c(-c2cccc3cccc(-c4ccc(-c5cccc6cccc(-c7c(C)cc(C#N)cc7C)c56)c(NC(C)=O)c4NC(C)=O)c23)c(OC)c1. The Hall–Kier alpha value is -7.42. The van der Waals surface area contributed by atoms with Gasteiger partial charge < -0.3 is 20.1 Å². The first-order valence-electron chi connectivity index (χ1n) is 18.0. The maximum atomic E-state index is 13.1. The predicted molar refractivity (Wildman–Crippen MR) is 232 cm³/mol. The molecule has 8 heteroatoms. The number of nitrogens with one attached hydrogen (secondary N) is 2. The summed E-state index contributed by atoms with van der Waals surface area (Å²) in [6.45, 7) is 14.6. The Morgan fingerprint density at radius 2 is 1.02 bits per heavy atom. The molecule has 0 radical (unpaired) electrons. The fourth-order valence-electron chi connectivity index (χ4n) is 7.89. The highest BCUT2D eigenvalue weighted by atomic mass is 16.5. The Kier molecular flexibility index (Phi) is 11.1. The predicted octanol–water partition coefficient (Wildman–Crippen LogP) is 12.3. The minimum absolute atomic E-state index is 0. The molecule has 0 aliphatic rings. The fraction of sp³-hybridized carbons (Fsp3) is 0.143. The summed E-state index contributed by atoms with van der Waals surface area (Å²) >= 11 is 0. The molecule has 57 heavy (non-hydrogen) atoms. The second-order valence-electron chi connectivity index (χ2n) is 13.6. The Bertz CT molecular complexity index is 2790. The van der Waals surface area contributed by atoms with Crippen molar-refractivity contribution in [2.24, 2.45) is 0 Å². The van der Waals surface area contributed by atoms with Crippen LogP contribution in [-0.2, 0) is 9.59 Å². The Labute approximate surface area is 333 Å². The van der Waals surface area contributed by atoms with Gasteiger partial charge in [-0.25, -0.2) is 4.85 Å². The quantitative estimate of drug-likeness (QED) is 0.150. The van der Waals surface area contributed by atoms with Crippen molar-refractivity contribution in [1.29, 1.82) is 5.26 Å². The van der Waals surface area contributed by atoms with Gasteiger partial charge in [-0.1, -0.05) is 92.4 Å². The van der Waals surface area contributed by atoms with Crippen molar-refractivity contribution in [3.63, 3.8) is 0 Å². The monoisotopic (exact) mass is 750 g/mol. The van der Waals surface area contributed by atoms with Gasteiger partial charge in [0.1, 0.15) is 11.5 Å². The number of rotatable bonds is 8. The normalized spacial score (nSPS) is 10.6. The number of amides is 2. The van der Waals surface area contributed by atoms with Crippen LogP contribution in [0.4, 0.5) is 17.1 Å². The lowest BCUT2D eigenvalue weighted by atomic mass is 9.85. The van der Waals surface area contributed by atoms with Gasteiger partial charge in [-0.15, -0.1) is 0 Å². The van der Waals surface area contributed by atoms with Gasteiger partial charge in [-0.3, -0.25) is 9.59 Å². The van der Waals surface area contributed by atoms with Crippen LogP contribution in [0.5, 0.6) is 11.5 Å². The number of anilines is 2. The lowest BCUT2D eigenvalue weighted by molar-refractivity contribution is -0.115. The third-order valence-electron chi connectivity index (χ3n) is 10.0. The minimum Gasteiger partial charge on any atom is -0.497 e. The van der Waals surface area contributed by atoms with Crippen LogP contribution in [0.2, 0.25) is 0 Å². The van der Waals surface area contributed by atoms with Crippen LogP contribution in [0.3, 0.4) is 0 Å². The summed E-state index contributed by atoms with van der Waals surface area (Å²) in [7, 11) is 3.13. The van der Waals surface area contributed by atoms with Crippen LogP contribution < -0.4 is 20.1 Å². The molecule has 0 aliphatic heterocycles. The van der Waals surface area contributed by atoms with Crippen LogP contribution in [0.25, 0.3) is 70.9 Å². The van der Waals surface area contributed by atoms with Gasteiger partial charge in [0, 0.05) is 25.0 Å². The van der Waals surface area contributed by atoms with E-state index in [0.29, 0.717) is 50.8 Å². The number of nitriles is 1. The molecule has 2 N–H and O–H groups in total. The van der Waals surface area contributed by atoms with Crippen molar-refractivity contribution in [1.82, 2.24) is 0 Å². The summed E-state index contributed by atoms with van der Waals surface area (Å²) < 4.78 is 11.7. The van der Waals surface area contributed by atoms with Crippen LogP contribution in [-0.4, -0.2) is 26.0 Å². The van der Waals surface area contributed by atoms with E-state index in [-0.39, 0.29) is 19.2 Å². The minimum atomic E-state index is -0.309. The van der Waals surface area contributed by atoms with E-state index in [4.69, 9.17) is 16.0 Å². The molecule has 0 atom stereocenters. The van der Waals surface area contributed by atoms with E-state index in [2.05, 4.69) is 39.7 Å². The average molecular weight is 751 g/mol. The van der Waals surface area contributed by atoms with E-state index in [9.17, 15) is 14.9 Å². The van der Waals surface area contributed by atoms with Crippen molar-refractivity contribution in [2.75, 3.05) is 24.9 Å². The number of hydrogen-bond donors (Lipinski definition) is 2. The van der Waals surface area contributed by atoms with E-state index in [1.54, 1.807) is 26.4 Å². The van der Waals surface area contributed by atoms with Crippen molar-refractivity contribution in [3.8, 4) is 62.1 Å². The van der Waals surface area contributed by atoms with Gasteiger partial charge in [0.15, 0.2) is 5.69 Å². The molecule has 0 saturated heterocycles. The second-order valence-corrected chi connectivity index (χ2v) is 13.6. The van der Waals surface area contributed by atoms with Crippen LogP contribution in [0.1, 0.15) is 38.0 Å². The lowest BCUT2D eigenvalue weighted by Crippen LogP contribution is -2.14. The highest BCUT2D eigenvalue weighted by Crippen LogP contribution is 2.50. The van der Waals surface area contributed by atoms with Crippen LogP contribution in [0.15, 0.2) is 109 Å². The largest absolute Gasteiger partial charge is 0.497 e. The molecule has 0 saturated carbocycles. The summed E-state index contributed by atoms with van der Waals surface area (Å²) in [5.74, 6) is 0.347. The maximum Gasteiger partial charge on any atom is 0.221 e. The number of nitrogens with zero attached hydrogens (tertiary/aromatic N) is 2. The number of aryl methyl sites for hydroxylation is 2. The zero-order valence-electron chi connectivity index (χ0n) is 31.9. The third-order valence-corrected chi connectivity index (χ3v) is 10.0. The van der Waals surface area contributed by atoms with Crippen LogP contribution in [0, 0.1) is 31.8 Å². The molecule has 7 rings (SSSR count). The van der Waals surface area contributed by atoms with Crippen molar-refractivity contribution in [3.05, 3.63) is 137 Å². The molecule has 0 aromatic heterocycles. The van der Waals surface area contributed by atoms with Gasteiger partial charge in [0.25, 0.3) is 0 Å². The standard InChI is InChI=1S/C48H38N4O4.CH4/c1-27-22-31(26-49)23-28(2)43(27)39-18-10-14-32-12-8-16-35(44(32)39)37-20-21-38(48(52-30(4)54)47(37)51-29(3)53)36-17-9-13-33-15-11-19-40(45(33)36)46-41(55-6)24-34(50-5)25-42(46)56-7;/h8-25H,1-4,6-7H3,(H,51,53)(H,52,54);1H4. The van der Waals surface area contributed by atoms with E-state index >= 15 is 0 Å². The number of fused-ring (bicyclic) bond motifs is 2. The molecule has 0 aliphatic carbocycles. The van der Waals surface area contributed by atoms with Crippen molar-refractivity contribution >= 4 is 50.4 Å². The second kappa shape index (κ2) is 16.1. The Morgan fingerprint density at radius 1 is 0.614 bits per heavy atom. The van der Waals surface area contributed by atoms with E-state index in [0.717, 1.165) is 60.5 Å². The molecular weight excluding hydrogens is 709 g/mol. The summed E-state index contributed by atoms with van der Waals surface area (Å²) in [5.41, 5.74) is 10.4. The highest BCUT2D eigenvalue weighted by Gasteiger charge is 2.24. The Morgan fingerprint density at radius 3 is 1.39 bits per heavy atom. The fourth-order valence-corrected chi connectivity index (χ4v) is 7.89. The molecular formula is C49H42N4O4. The lowest BCUT2D eigenvalue weighted by Gasteiger charge is -2.23. The summed E-state index contributed by atoms with van der Waals surface area (Å²) in [6, 6.07) is 37.6. The van der Waals surface area contributed by atoms with Gasteiger partial charge in [-0.05, 0) is 98.6 Å². The number of methoxy groups -OCH3 is 2. The summed E-state index contributed by atoms with van der Waals surface area (Å²) in [5, 5.41) is 19.6. The molecule has 0 bridgehead atoms. The molecule has 2 amide bonds. The number of carbonyl (C=O) groups is 2. The van der Waals surface area contributed by atoms with Crippen molar-refractivity contribution < 1.29 is 19.1 Å². The average Bonchev–Trinajstić information content (AvgIpc) is 3.19. The summed E-state index contributed by atoms with van der Waals surface area (Å²) in [4.78, 5) is 29.9. The molecule has 0 unspecified atom stereocenters. The molecule has 7 aromatic carbocycles. The zero-order valence-corrected chi connectivity index (χ0v) is 31.9. The Balaban J connectivity index is 0.00000549. The van der Waals surface area contributed by atoms with Crippen molar-refractivity contribution in [2.45, 2.75) is 35.1 Å². The molecule has 8 nitrogen and oxygen atoms in total. The van der Waals surface area contributed by atoms with Gasteiger partial charge >= 0.3 is 0 Å². The number of hydrogen-bond acceptors (Lipinski definition) is 5. The van der Waals surface area contributed by atoms with Gasteiger partial charge in [0.2, 0.25) is 11.8 Å². The molecule has 0 spiro atoms. The number of ether oxygens (including phenoxy) is 2. The first-order chi connectivity index (χ1) is 27.1. The number of benzene rings is 7.